The van der Waals surface area contributed by atoms with E-state index < -0.39 is 0 Å². The molecule has 0 aliphatic heterocycles. The fourth-order valence-electron chi connectivity index (χ4n) is 4.64. The van der Waals surface area contributed by atoms with E-state index >= 15 is 0 Å². The van der Waals surface area contributed by atoms with Gasteiger partial charge in [-0.25, -0.2) is 0 Å². The van der Waals surface area contributed by atoms with Crippen LogP contribution in [0.5, 0.6) is 11.5 Å². The first kappa shape index (κ1) is 21.2. The summed E-state index contributed by atoms with van der Waals surface area (Å²) in [6.07, 6.45) is 0. The van der Waals surface area contributed by atoms with Gasteiger partial charge < -0.3 is 10.2 Å². The molecule has 0 unspecified atom stereocenters. The molecule has 0 saturated carbocycles. The summed E-state index contributed by atoms with van der Waals surface area (Å²) in [6, 6.07) is 41.0. The summed E-state index contributed by atoms with van der Waals surface area (Å²) in [5, 5.41) is 21.8. The van der Waals surface area contributed by atoms with Gasteiger partial charge in [0.2, 0.25) is 0 Å². The van der Waals surface area contributed by atoms with Crippen LogP contribution in [-0.4, -0.2) is 10.2 Å². The second kappa shape index (κ2) is 8.79. The Morgan fingerprint density at radius 3 is 2.09 bits per heavy atom. The van der Waals surface area contributed by atoms with E-state index in [1.165, 1.54) is 0 Å². The summed E-state index contributed by atoms with van der Waals surface area (Å²) in [4.78, 5) is 1.11. The third kappa shape index (κ3) is 3.76. The van der Waals surface area contributed by atoms with Crippen LogP contribution in [0.15, 0.2) is 115 Å². The molecule has 0 aliphatic carbocycles. The minimum absolute atomic E-state index is 0.240. The molecule has 6 aromatic rings. The van der Waals surface area contributed by atoms with Crippen molar-refractivity contribution < 1.29 is 10.2 Å². The summed E-state index contributed by atoms with van der Waals surface area (Å²) in [6.45, 7) is 0. The number of phenolic OH excluding ortho intramolecular Hbond substituents is 2. The van der Waals surface area contributed by atoms with Crippen molar-refractivity contribution in [2.75, 3.05) is 0 Å². The molecule has 0 fully saturated rings. The molecule has 0 amide bonds. The van der Waals surface area contributed by atoms with E-state index in [0.29, 0.717) is 0 Å². The first-order chi connectivity index (χ1) is 17.2. The Bertz CT molecular complexity index is 1650. The Balaban J connectivity index is 1.74. The lowest BCUT2D eigenvalue weighted by molar-refractivity contribution is 0.475. The lowest BCUT2D eigenvalue weighted by atomic mass is 9.89. The number of thiophene rings is 1. The number of fused-ring (bicyclic) bond motifs is 1. The van der Waals surface area contributed by atoms with Crippen LogP contribution in [-0.2, 0) is 0 Å². The van der Waals surface area contributed by atoms with E-state index in [1.54, 1.807) is 29.5 Å². The van der Waals surface area contributed by atoms with E-state index in [0.717, 1.165) is 53.9 Å². The largest absolute Gasteiger partial charge is 0.508 e. The smallest absolute Gasteiger partial charge is 0.123 e. The number of phenols is 2. The quantitative estimate of drug-likeness (QED) is 0.271. The summed E-state index contributed by atoms with van der Waals surface area (Å²) >= 11 is 1.72. The maximum Gasteiger partial charge on any atom is 0.123 e. The monoisotopic (exact) mass is 469 g/mol. The molecule has 0 aliphatic rings. The van der Waals surface area contributed by atoms with Gasteiger partial charge in [-0.3, -0.25) is 0 Å². The van der Waals surface area contributed by atoms with Crippen molar-refractivity contribution in [3.8, 4) is 55.3 Å². The highest BCUT2D eigenvalue weighted by Gasteiger charge is 2.22. The Labute approximate surface area is 208 Å². The van der Waals surface area contributed by atoms with E-state index in [4.69, 9.17) is 0 Å². The molecular formula is C32H21O2S. The van der Waals surface area contributed by atoms with Crippen LogP contribution in [0.4, 0.5) is 0 Å². The maximum absolute atomic E-state index is 10.7. The molecule has 0 atom stereocenters. The molecule has 0 saturated heterocycles. The van der Waals surface area contributed by atoms with Crippen LogP contribution in [0.25, 0.3) is 53.9 Å². The van der Waals surface area contributed by atoms with Gasteiger partial charge in [-0.1, -0.05) is 78.9 Å². The topological polar surface area (TPSA) is 40.5 Å². The van der Waals surface area contributed by atoms with Crippen molar-refractivity contribution in [2.45, 2.75) is 0 Å². The lowest BCUT2D eigenvalue weighted by Crippen LogP contribution is -1.88. The van der Waals surface area contributed by atoms with Gasteiger partial charge in [-0.15, -0.1) is 11.3 Å². The first-order valence-corrected chi connectivity index (χ1v) is 12.2. The van der Waals surface area contributed by atoms with Crippen molar-refractivity contribution in [1.82, 2.24) is 0 Å². The molecule has 3 heteroatoms. The van der Waals surface area contributed by atoms with Crippen LogP contribution >= 0.6 is 11.3 Å². The van der Waals surface area contributed by atoms with E-state index in [-0.39, 0.29) is 11.5 Å². The third-order valence-electron chi connectivity index (χ3n) is 6.23. The molecule has 0 bridgehead atoms. The Morgan fingerprint density at radius 2 is 1.29 bits per heavy atom. The van der Waals surface area contributed by atoms with Crippen LogP contribution in [0.1, 0.15) is 0 Å². The predicted molar refractivity (Wildman–Crippen MR) is 146 cm³/mol. The van der Waals surface area contributed by atoms with Gasteiger partial charge >= 0.3 is 0 Å². The zero-order chi connectivity index (χ0) is 23.8. The van der Waals surface area contributed by atoms with Gasteiger partial charge in [0.1, 0.15) is 11.5 Å². The molecule has 2 N–H and O–H groups in total. The SMILES string of the molecule is Oc1ccc(-c2sc3cccc(-c4ccccc4O)c3c2-c2ccc[c]c2-c2ccccc2)cc1. The lowest BCUT2D eigenvalue weighted by Gasteiger charge is -2.14. The summed E-state index contributed by atoms with van der Waals surface area (Å²) in [7, 11) is 0. The number of hydrogen-bond acceptors (Lipinski definition) is 3. The number of benzene rings is 5. The zero-order valence-corrected chi connectivity index (χ0v) is 19.6. The van der Waals surface area contributed by atoms with Gasteiger partial charge in [-0.05, 0) is 70.3 Å². The van der Waals surface area contributed by atoms with E-state index in [1.807, 2.05) is 66.7 Å². The molecular weight excluding hydrogens is 448 g/mol. The van der Waals surface area contributed by atoms with Crippen LogP contribution in [0, 0.1) is 6.07 Å². The molecule has 2 nitrogen and oxygen atoms in total. The number of aromatic hydroxyl groups is 2. The summed E-state index contributed by atoms with van der Waals surface area (Å²) < 4.78 is 1.13. The molecule has 1 heterocycles. The van der Waals surface area contributed by atoms with Crippen LogP contribution in [0.3, 0.4) is 0 Å². The molecule has 1 aromatic heterocycles. The van der Waals surface area contributed by atoms with Crippen LogP contribution < -0.4 is 0 Å². The average molecular weight is 470 g/mol. The molecule has 35 heavy (non-hydrogen) atoms. The van der Waals surface area contributed by atoms with Gasteiger partial charge in [0, 0.05) is 26.1 Å². The van der Waals surface area contributed by atoms with Crippen molar-refractivity contribution in [3.63, 3.8) is 0 Å². The van der Waals surface area contributed by atoms with Gasteiger partial charge in [0.05, 0.1) is 0 Å². The summed E-state index contributed by atoms with van der Waals surface area (Å²) in [5.41, 5.74) is 7.13. The first-order valence-electron chi connectivity index (χ1n) is 11.4. The fraction of sp³-hybridized carbons (Fsp3) is 0. The highest BCUT2D eigenvalue weighted by molar-refractivity contribution is 7.23. The maximum atomic E-state index is 10.7. The van der Waals surface area contributed by atoms with Gasteiger partial charge in [0.15, 0.2) is 0 Å². The second-order valence-electron chi connectivity index (χ2n) is 8.37. The highest BCUT2D eigenvalue weighted by Crippen LogP contribution is 2.51. The van der Waals surface area contributed by atoms with Crippen LogP contribution in [0.2, 0.25) is 0 Å². The van der Waals surface area contributed by atoms with Crippen molar-refractivity contribution in [3.05, 3.63) is 121 Å². The van der Waals surface area contributed by atoms with Gasteiger partial charge in [0.25, 0.3) is 0 Å². The Hall–Kier alpha value is -4.34. The highest BCUT2D eigenvalue weighted by atomic mass is 32.1. The van der Waals surface area contributed by atoms with Crippen molar-refractivity contribution in [1.29, 1.82) is 0 Å². The minimum atomic E-state index is 0.240. The van der Waals surface area contributed by atoms with Crippen molar-refractivity contribution >= 4 is 21.4 Å². The second-order valence-corrected chi connectivity index (χ2v) is 9.43. The molecule has 0 spiro atoms. The van der Waals surface area contributed by atoms with E-state index in [2.05, 4.69) is 36.4 Å². The molecule has 1 radical (unpaired) electrons. The molecule has 6 rings (SSSR count). The fourth-order valence-corrected chi connectivity index (χ4v) is 5.88. The van der Waals surface area contributed by atoms with Gasteiger partial charge in [-0.2, -0.15) is 0 Å². The third-order valence-corrected chi connectivity index (χ3v) is 7.43. The average Bonchev–Trinajstić information content (AvgIpc) is 3.30. The summed E-state index contributed by atoms with van der Waals surface area (Å²) in [5.74, 6) is 0.496. The standard InChI is InChI=1S/C32H21O2S/c33-23-19-17-22(18-20-23)32-31(26-13-5-4-11-24(26)21-9-2-1-3-10-21)30-27(14-8-16-29(30)35-32)25-12-6-7-15-28(25)34/h1-10,12-20,33-34H. The molecule has 5 aromatic carbocycles. The normalized spacial score (nSPS) is 11.1. The van der Waals surface area contributed by atoms with E-state index in [9.17, 15) is 10.2 Å². The predicted octanol–water partition coefficient (Wildman–Crippen LogP) is 8.78. The number of hydrogen-bond donors (Lipinski definition) is 2. The number of rotatable bonds is 4. The Kier molecular flexibility index (Phi) is 5.32. The zero-order valence-electron chi connectivity index (χ0n) is 18.8. The minimum Gasteiger partial charge on any atom is -0.508 e. The molecule has 167 valence electrons. The number of para-hydroxylation sites is 1. The Morgan fingerprint density at radius 1 is 0.571 bits per heavy atom. The van der Waals surface area contributed by atoms with Crippen molar-refractivity contribution in [2.24, 2.45) is 0 Å².